The van der Waals surface area contributed by atoms with Crippen LogP contribution in [0.2, 0.25) is 0 Å². The van der Waals surface area contributed by atoms with Gasteiger partial charge in [0.25, 0.3) is 0 Å². The first kappa shape index (κ1) is 10.5. The number of carbonyl (C=O) groups is 2. The molecule has 2 amide bonds. The summed E-state index contributed by atoms with van der Waals surface area (Å²) in [4.78, 5) is 20.4. The first-order chi connectivity index (χ1) is 5.57. The van der Waals surface area contributed by atoms with E-state index in [9.17, 15) is 9.59 Å². The molecule has 0 aromatic rings. The molecule has 0 unspecified atom stereocenters. The van der Waals surface area contributed by atoms with Crippen molar-refractivity contribution in [1.82, 2.24) is 10.4 Å². The van der Waals surface area contributed by atoms with Crippen LogP contribution in [0.1, 0.15) is 19.8 Å². The Morgan fingerprint density at radius 2 is 2.00 bits per heavy atom. The lowest BCUT2D eigenvalue weighted by atomic mass is 10.3. The SMILES string of the molecule is CCCCN(NC(=O)O)C(=O)O. The van der Waals surface area contributed by atoms with Crippen LogP contribution in [0.25, 0.3) is 0 Å². The second-order valence-electron chi connectivity index (χ2n) is 2.20. The van der Waals surface area contributed by atoms with Crippen LogP contribution in [-0.2, 0) is 0 Å². The number of nitrogens with one attached hydrogen (secondary N) is 1. The molecule has 0 aliphatic rings. The molecule has 6 nitrogen and oxygen atoms in total. The maximum absolute atomic E-state index is 10.3. The quantitative estimate of drug-likeness (QED) is 0.558. The van der Waals surface area contributed by atoms with Crippen molar-refractivity contribution in [2.75, 3.05) is 6.54 Å². The van der Waals surface area contributed by atoms with Crippen molar-refractivity contribution in [3.05, 3.63) is 0 Å². The Morgan fingerprint density at radius 3 is 2.33 bits per heavy atom. The molecule has 0 spiro atoms. The van der Waals surface area contributed by atoms with E-state index in [0.29, 0.717) is 11.4 Å². The van der Waals surface area contributed by atoms with E-state index in [4.69, 9.17) is 10.2 Å². The van der Waals surface area contributed by atoms with Gasteiger partial charge < -0.3 is 10.2 Å². The number of unbranched alkanes of at least 4 members (excludes halogenated alkanes) is 1. The zero-order valence-corrected chi connectivity index (χ0v) is 6.78. The molecule has 12 heavy (non-hydrogen) atoms. The zero-order valence-electron chi connectivity index (χ0n) is 6.78. The van der Waals surface area contributed by atoms with Gasteiger partial charge in [0.05, 0.1) is 0 Å². The maximum atomic E-state index is 10.3. The predicted octanol–water partition coefficient (Wildman–Crippen LogP) is 0.949. The molecule has 6 heteroatoms. The molecule has 0 bridgehead atoms. The number of rotatable bonds is 3. The summed E-state index contributed by atoms with van der Waals surface area (Å²) in [5.74, 6) is 0. The number of amides is 2. The molecule has 0 aromatic carbocycles. The van der Waals surface area contributed by atoms with Gasteiger partial charge in [-0.25, -0.2) is 20.0 Å². The molecule has 0 atom stereocenters. The van der Waals surface area contributed by atoms with E-state index in [1.165, 1.54) is 0 Å². The number of carboxylic acid groups (broad SMARTS) is 2. The van der Waals surface area contributed by atoms with Gasteiger partial charge in [0.15, 0.2) is 0 Å². The van der Waals surface area contributed by atoms with Crippen molar-refractivity contribution in [3.8, 4) is 0 Å². The van der Waals surface area contributed by atoms with E-state index in [2.05, 4.69) is 0 Å². The van der Waals surface area contributed by atoms with E-state index in [1.807, 2.05) is 6.92 Å². The first-order valence-electron chi connectivity index (χ1n) is 3.58. The predicted molar refractivity (Wildman–Crippen MR) is 40.8 cm³/mol. The van der Waals surface area contributed by atoms with Crippen molar-refractivity contribution in [2.45, 2.75) is 19.8 Å². The Kier molecular flexibility index (Phi) is 4.59. The van der Waals surface area contributed by atoms with Gasteiger partial charge in [0.1, 0.15) is 0 Å². The zero-order chi connectivity index (χ0) is 9.56. The van der Waals surface area contributed by atoms with Crippen LogP contribution in [0.3, 0.4) is 0 Å². The third kappa shape index (κ3) is 4.37. The minimum atomic E-state index is -1.37. The highest BCUT2D eigenvalue weighted by Crippen LogP contribution is 1.91. The van der Waals surface area contributed by atoms with Gasteiger partial charge in [-0.2, -0.15) is 0 Å². The van der Waals surface area contributed by atoms with E-state index >= 15 is 0 Å². The fourth-order valence-electron chi connectivity index (χ4n) is 0.631. The smallest absolute Gasteiger partial charge is 0.426 e. The van der Waals surface area contributed by atoms with E-state index in [0.717, 1.165) is 6.42 Å². The largest absolute Gasteiger partial charge is 0.464 e. The Hall–Kier alpha value is -1.46. The molecule has 3 N–H and O–H groups in total. The second kappa shape index (κ2) is 5.22. The molecule has 0 aliphatic heterocycles. The topological polar surface area (TPSA) is 89.9 Å². The normalized spacial score (nSPS) is 9.08. The van der Waals surface area contributed by atoms with Gasteiger partial charge in [0.2, 0.25) is 0 Å². The van der Waals surface area contributed by atoms with Crippen LogP contribution in [0.5, 0.6) is 0 Å². The minimum Gasteiger partial charge on any atom is -0.464 e. The van der Waals surface area contributed by atoms with Crippen LogP contribution >= 0.6 is 0 Å². The number of nitrogens with zero attached hydrogens (tertiary/aromatic N) is 1. The van der Waals surface area contributed by atoms with Gasteiger partial charge in [0, 0.05) is 6.54 Å². The van der Waals surface area contributed by atoms with Crippen LogP contribution in [0.4, 0.5) is 9.59 Å². The van der Waals surface area contributed by atoms with Gasteiger partial charge in [-0.3, -0.25) is 0 Å². The van der Waals surface area contributed by atoms with Gasteiger partial charge in [-0.05, 0) is 6.42 Å². The summed E-state index contributed by atoms with van der Waals surface area (Å²) in [7, 11) is 0. The Bertz CT molecular complexity index is 171. The van der Waals surface area contributed by atoms with E-state index in [-0.39, 0.29) is 6.54 Å². The summed E-state index contributed by atoms with van der Waals surface area (Å²) in [6.07, 6.45) is -1.21. The molecule has 0 radical (unpaired) electrons. The molecule has 0 fully saturated rings. The van der Waals surface area contributed by atoms with E-state index < -0.39 is 12.2 Å². The van der Waals surface area contributed by atoms with Crippen molar-refractivity contribution < 1.29 is 19.8 Å². The summed E-state index contributed by atoms with van der Waals surface area (Å²) in [5.41, 5.74) is 1.76. The summed E-state index contributed by atoms with van der Waals surface area (Å²) < 4.78 is 0. The summed E-state index contributed by atoms with van der Waals surface area (Å²) in [6, 6.07) is 0. The standard InChI is InChI=1S/C6H12N2O4/c1-2-3-4-8(6(11)12)7-5(9)10/h7H,2-4H2,1H3,(H,9,10)(H,11,12). The Morgan fingerprint density at radius 1 is 1.42 bits per heavy atom. The van der Waals surface area contributed by atoms with Crippen LogP contribution in [-0.4, -0.2) is 34.0 Å². The number of hydrogen-bond donors (Lipinski definition) is 3. The van der Waals surface area contributed by atoms with Crippen molar-refractivity contribution >= 4 is 12.2 Å². The fourth-order valence-corrected chi connectivity index (χ4v) is 0.631. The molecular formula is C6H12N2O4. The highest BCUT2D eigenvalue weighted by atomic mass is 16.4. The summed E-state index contributed by atoms with van der Waals surface area (Å²) >= 11 is 0. The van der Waals surface area contributed by atoms with Gasteiger partial charge in [-0.1, -0.05) is 13.3 Å². The summed E-state index contributed by atoms with van der Waals surface area (Å²) in [6.45, 7) is 2.07. The average molecular weight is 176 g/mol. The molecule has 0 aromatic heterocycles. The third-order valence-electron chi connectivity index (χ3n) is 1.20. The summed E-state index contributed by atoms with van der Waals surface area (Å²) in [5, 5.41) is 17.3. The van der Waals surface area contributed by atoms with Crippen LogP contribution < -0.4 is 5.43 Å². The monoisotopic (exact) mass is 176 g/mol. The molecule has 0 saturated heterocycles. The van der Waals surface area contributed by atoms with E-state index in [1.54, 1.807) is 5.43 Å². The molecule has 0 aliphatic carbocycles. The highest BCUT2D eigenvalue weighted by molar-refractivity contribution is 5.71. The molecule has 0 heterocycles. The number of hydrazine groups is 1. The first-order valence-corrected chi connectivity index (χ1v) is 3.58. The molecule has 70 valence electrons. The van der Waals surface area contributed by atoms with Crippen LogP contribution in [0, 0.1) is 0 Å². The van der Waals surface area contributed by atoms with Gasteiger partial charge in [-0.15, -0.1) is 0 Å². The van der Waals surface area contributed by atoms with Gasteiger partial charge >= 0.3 is 12.2 Å². The average Bonchev–Trinajstić information content (AvgIpc) is 1.96. The van der Waals surface area contributed by atoms with Crippen molar-refractivity contribution in [1.29, 1.82) is 0 Å². The Labute approximate surface area is 69.8 Å². The maximum Gasteiger partial charge on any atom is 0.426 e. The lowest BCUT2D eigenvalue weighted by molar-refractivity contribution is 0.109. The second-order valence-corrected chi connectivity index (χ2v) is 2.20. The van der Waals surface area contributed by atoms with Crippen molar-refractivity contribution in [3.63, 3.8) is 0 Å². The third-order valence-corrected chi connectivity index (χ3v) is 1.20. The highest BCUT2D eigenvalue weighted by Gasteiger charge is 2.12. The Balaban J connectivity index is 3.87. The minimum absolute atomic E-state index is 0.179. The lowest BCUT2D eigenvalue weighted by Gasteiger charge is -2.16. The molecular weight excluding hydrogens is 164 g/mol. The van der Waals surface area contributed by atoms with Crippen molar-refractivity contribution in [2.24, 2.45) is 0 Å². The molecule has 0 saturated carbocycles. The van der Waals surface area contributed by atoms with Crippen LogP contribution in [0.15, 0.2) is 0 Å². The lowest BCUT2D eigenvalue weighted by Crippen LogP contribution is -2.45. The fraction of sp³-hybridized carbons (Fsp3) is 0.667. The molecule has 0 rings (SSSR count). The number of hydrogen-bond acceptors (Lipinski definition) is 2.